The third-order valence-electron chi connectivity index (χ3n) is 6.25. The number of carbonyl (C=O) groups is 1. The molecule has 2 aliphatic carbocycles. The van der Waals surface area contributed by atoms with E-state index in [1.165, 1.54) is 18.4 Å². The molecule has 0 bridgehead atoms. The van der Waals surface area contributed by atoms with Crippen LogP contribution in [0.1, 0.15) is 79.1 Å². The lowest BCUT2D eigenvalue weighted by molar-refractivity contribution is -0.147. The molecule has 27 heavy (non-hydrogen) atoms. The molecule has 0 aliphatic heterocycles. The summed E-state index contributed by atoms with van der Waals surface area (Å²) in [6, 6.07) is -0.306. The molecule has 154 valence electrons. The second-order valence-electron chi connectivity index (χ2n) is 9.00. The SMILES string of the molecule is CCC(C)(C)C(=O)NC(C1CCCC1)C(O)OCCCC1=C[C@@H](C)CC=C1. The van der Waals surface area contributed by atoms with Gasteiger partial charge in [-0.05, 0) is 50.4 Å². The van der Waals surface area contributed by atoms with Crippen molar-refractivity contribution in [3.8, 4) is 0 Å². The Morgan fingerprint density at radius 2 is 2.07 bits per heavy atom. The van der Waals surface area contributed by atoms with Gasteiger partial charge < -0.3 is 15.2 Å². The maximum Gasteiger partial charge on any atom is 0.226 e. The van der Waals surface area contributed by atoms with E-state index in [1.807, 2.05) is 20.8 Å². The van der Waals surface area contributed by atoms with E-state index in [4.69, 9.17) is 4.74 Å². The molecule has 1 fully saturated rings. The summed E-state index contributed by atoms with van der Waals surface area (Å²) >= 11 is 0. The molecule has 0 aromatic carbocycles. The maximum absolute atomic E-state index is 12.6. The van der Waals surface area contributed by atoms with Crippen LogP contribution in [-0.2, 0) is 9.53 Å². The van der Waals surface area contributed by atoms with Crippen molar-refractivity contribution < 1.29 is 14.6 Å². The number of rotatable bonds is 10. The summed E-state index contributed by atoms with van der Waals surface area (Å²) in [6.45, 7) is 8.67. The van der Waals surface area contributed by atoms with Gasteiger partial charge in [-0.1, -0.05) is 64.3 Å². The molecule has 4 heteroatoms. The first-order valence-electron chi connectivity index (χ1n) is 10.8. The van der Waals surface area contributed by atoms with Gasteiger partial charge in [0.25, 0.3) is 0 Å². The number of nitrogens with one attached hydrogen (secondary N) is 1. The van der Waals surface area contributed by atoms with Gasteiger partial charge in [-0.2, -0.15) is 0 Å². The van der Waals surface area contributed by atoms with Crippen molar-refractivity contribution in [2.45, 2.75) is 91.4 Å². The van der Waals surface area contributed by atoms with Gasteiger partial charge in [0.05, 0.1) is 12.6 Å². The molecule has 0 aromatic heterocycles. The highest BCUT2D eigenvalue weighted by atomic mass is 16.6. The monoisotopic (exact) mass is 377 g/mol. The summed E-state index contributed by atoms with van der Waals surface area (Å²) in [6.07, 6.45) is 14.0. The maximum atomic E-state index is 12.6. The molecule has 2 aliphatic rings. The van der Waals surface area contributed by atoms with Gasteiger partial charge in [-0.15, -0.1) is 0 Å². The van der Waals surface area contributed by atoms with Crippen LogP contribution in [0.2, 0.25) is 0 Å². The van der Waals surface area contributed by atoms with Gasteiger partial charge >= 0.3 is 0 Å². The zero-order valence-electron chi connectivity index (χ0n) is 17.7. The number of ether oxygens (including phenoxy) is 1. The summed E-state index contributed by atoms with van der Waals surface area (Å²) in [4.78, 5) is 12.6. The van der Waals surface area contributed by atoms with Crippen LogP contribution in [0.15, 0.2) is 23.8 Å². The van der Waals surface area contributed by atoms with E-state index in [1.54, 1.807) is 0 Å². The van der Waals surface area contributed by atoms with Crippen LogP contribution in [0.25, 0.3) is 0 Å². The van der Waals surface area contributed by atoms with Crippen LogP contribution in [0.4, 0.5) is 0 Å². The first-order valence-corrected chi connectivity index (χ1v) is 10.8. The molecule has 1 saturated carbocycles. The second kappa shape index (κ2) is 10.4. The molecule has 2 N–H and O–H groups in total. The summed E-state index contributed by atoms with van der Waals surface area (Å²) in [5.74, 6) is 0.929. The number of aliphatic hydroxyl groups is 1. The Morgan fingerprint density at radius 1 is 1.37 bits per heavy atom. The van der Waals surface area contributed by atoms with E-state index < -0.39 is 11.7 Å². The summed E-state index contributed by atoms with van der Waals surface area (Å²) in [5, 5.41) is 13.8. The highest BCUT2D eigenvalue weighted by Crippen LogP contribution is 2.31. The van der Waals surface area contributed by atoms with Crippen molar-refractivity contribution in [3.05, 3.63) is 23.8 Å². The molecular weight excluding hydrogens is 338 g/mol. The fraction of sp³-hybridized carbons (Fsp3) is 0.783. The lowest BCUT2D eigenvalue weighted by Crippen LogP contribution is -2.52. The molecule has 2 rings (SSSR count). The van der Waals surface area contributed by atoms with Crippen LogP contribution in [-0.4, -0.2) is 30.0 Å². The van der Waals surface area contributed by atoms with Gasteiger partial charge in [-0.25, -0.2) is 0 Å². The molecule has 2 unspecified atom stereocenters. The van der Waals surface area contributed by atoms with Gasteiger partial charge in [0.2, 0.25) is 5.91 Å². The van der Waals surface area contributed by atoms with Gasteiger partial charge in [0.15, 0.2) is 6.29 Å². The highest BCUT2D eigenvalue weighted by Gasteiger charge is 2.35. The third-order valence-corrected chi connectivity index (χ3v) is 6.25. The first kappa shape index (κ1) is 22.2. The van der Waals surface area contributed by atoms with E-state index in [-0.39, 0.29) is 11.9 Å². The van der Waals surface area contributed by atoms with E-state index in [2.05, 4.69) is 30.5 Å². The van der Waals surface area contributed by atoms with Crippen molar-refractivity contribution in [1.29, 1.82) is 0 Å². The van der Waals surface area contributed by atoms with Gasteiger partial charge in [0.1, 0.15) is 0 Å². The number of allylic oxidation sites excluding steroid dienone is 4. The Bertz CT molecular complexity index is 532. The molecule has 1 amide bonds. The molecule has 0 heterocycles. The third kappa shape index (κ3) is 6.76. The minimum Gasteiger partial charge on any atom is -0.366 e. The van der Waals surface area contributed by atoms with Crippen molar-refractivity contribution in [2.24, 2.45) is 17.3 Å². The lowest BCUT2D eigenvalue weighted by atomic mass is 9.87. The van der Waals surface area contributed by atoms with Crippen LogP contribution in [0.3, 0.4) is 0 Å². The number of aliphatic hydroxyl groups excluding tert-OH is 1. The largest absolute Gasteiger partial charge is 0.366 e. The van der Waals surface area contributed by atoms with Crippen LogP contribution < -0.4 is 5.32 Å². The van der Waals surface area contributed by atoms with Gasteiger partial charge in [-0.3, -0.25) is 4.79 Å². The van der Waals surface area contributed by atoms with Crippen molar-refractivity contribution in [2.75, 3.05) is 6.61 Å². The molecule has 0 aromatic rings. The van der Waals surface area contributed by atoms with Crippen LogP contribution >= 0.6 is 0 Å². The number of hydrogen-bond donors (Lipinski definition) is 2. The molecule has 4 nitrogen and oxygen atoms in total. The normalized spacial score (nSPS) is 23.1. The van der Waals surface area contributed by atoms with E-state index in [9.17, 15) is 9.90 Å². The zero-order valence-corrected chi connectivity index (χ0v) is 17.7. The van der Waals surface area contributed by atoms with Crippen LogP contribution in [0.5, 0.6) is 0 Å². The Labute approximate surface area is 165 Å². The number of amides is 1. The first-order chi connectivity index (χ1) is 12.8. The van der Waals surface area contributed by atoms with Crippen LogP contribution in [0, 0.1) is 17.3 Å². The highest BCUT2D eigenvalue weighted by molar-refractivity contribution is 5.82. The van der Waals surface area contributed by atoms with Crippen molar-refractivity contribution in [1.82, 2.24) is 5.32 Å². The van der Waals surface area contributed by atoms with Gasteiger partial charge in [0, 0.05) is 5.41 Å². The van der Waals surface area contributed by atoms with E-state index in [0.29, 0.717) is 18.4 Å². The average molecular weight is 378 g/mol. The molecule has 0 radical (unpaired) electrons. The quantitative estimate of drug-likeness (QED) is 0.427. The molecule has 0 saturated heterocycles. The molecule has 0 spiro atoms. The average Bonchev–Trinajstić information content (AvgIpc) is 3.17. The summed E-state index contributed by atoms with van der Waals surface area (Å²) < 4.78 is 5.77. The zero-order chi connectivity index (χ0) is 19.9. The van der Waals surface area contributed by atoms with E-state index >= 15 is 0 Å². The molecular formula is C23H39NO3. The molecule has 3 atom stereocenters. The van der Waals surface area contributed by atoms with E-state index in [0.717, 1.165) is 38.5 Å². The Balaban J connectivity index is 1.85. The fourth-order valence-electron chi connectivity index (χ4n) is 3.92. The summed E-state index contributed by atoms with van der Waals surface area (Å²) in [7, 11) is 0. The lowest BCUT2D eigenvalue weighted by Gasteiger charge is -2.32. The predicted octanol–water partition coefficient (Wildman–Crippen LogP) is 4.74. The van der Waals surface area contributed by atoms with Crippen molar-refractivity contribution >= 4 is 5.91 Å². The summed E-state index contributed by atoms with van der Waals surface area (Å²) in [5.41, 5.74) is 0.935. The Hall–Kier alpha value is -1.13. The Kier molecular flexibility index (Phi) is 8.56. The minimum absolute atomic E-state index is 0.0102. The predicted molar refractivity (Wildman–Crippen MR) is 110 cm³/mol. The standard InChI is InChI=1S/C23H39NO3/c1-5-23(3,4)22(26)24-20(19-13-6-7-14-19)21(25)27-15-9-12-18-11-8-10-17(2)16-18/h8,11,16-17,19-21,25H,5-7,9-10,12-15H2,1-4H3,(H,24,26)/t17-,20?,21?/m0/s1. The van der Waals surface area contributed by atoms with Crippen molar-refractivity contribution in [3.63, 3.8) is 0 Å². The smallest absolute Gasteiger partial charge is 0.226 e. The number of hydrogen-bond acceptors (Lipinski definition) is 3. The number of carbonyl (C=O) groups excluding carboxylic acids is 1. The Morgan fingerprint density at radius 3 is 2.70 bits per heavy atom. The minimum atomic E-state index is -0.931. The second-order valence-corrected chi connectivity index (χ2v) is 9.00. The topological polar surface area (TPSA) is 58.6 Å². The fourth-order valence-corrected chi connectivity index (χ4v) is 3.92.